The van der Waals surface area contributed by atoms with E-state index in [0.29, 0.717) is 17.9 Å². The van der Waals surface area contributed by atoms with Gasteiger partial charge in [0, 0.05) is 18.7 Å². The average molecular weight is 282 g/mol. The molecule has 1 rings (SSSR count). The third-order valence-electron chi connectivity index (χ3n) is 2.78. The second kappa shape index (κ2) is 6.56. The van der Waals surface area contributed by atoms with Crippen molar-refractivity contribution < 1.29 is 14.8 Å². The summed E-state index contributed by atoms with van der Waals surface area (Å²) < 4.78 is 5.05. The second-order valence-electron chi connectivity index (χ2n) is 5.94. The first-order valence-corrected chi connectivity index (χ1v) is 6.47. The Kier molecular flexibility index (Phi) is 5.33. The predicted octanol–water partition coefficient (Wildman–Crippen LogP) is 2.81. The Morgan fingerprint density at radius 2 is 2.10 bits per heavy atom. The summed E-state index contributed by atoms with van der Waals surface area (Å²) in [5.41, 5.74) is 0.317. The highest BCUT2D eigenvalue weighted by molar-refractivity contribution is 5.64. The van der Waals surface area contributed by atoms with Crippen LogP contribution in [0.15, 0.2) is 18.2 Å². The number of benzene rings is 1. The number of nitro groups is 1. The van der Waals surface area contributed by atoms with E-state index >= 15 is 0 Å². The molecule has 6 nitrogen and oxygen atoms in total. The van der Waals surface area contributed by atoms with Crippen molar-refractivity contribution in [2.45, 2.75) is 33.3 Å². The fraction of sp³-hybridized carbons (Fsp3) is 0.571. The Morgan fingerprint density at radius 1 is 1.45 bits per heavy atom. The monoisotopic (exact) mass is 282 g/mol. The molecule has 1 atom stereocenters. The molecular weight excluding hydrogens is 260 g/mol. The van der Waals surface area contributed by atoms with E-state index in [1.54, 1.807) is 6.07 Å². The number of aliphatic hydroxyl groups excluding tert-OH is 1. The average Bonchev–Trinajstić information content (AvgIpc) is 2.33. The van der Waals surface area contributed by atoms with E-state index in [9.17, 15) is 15.2 Å². The van der Waals surface area contributed by atoms with Crippen molar-refractivity contribution in [1.29, 1.82) is 0 Å². The summed E-state index contributed by atoms with van der Waals surface area (Å²) in [7, 11) is 1.50. The van der Waals surface area contributed by atoms with Gasteiger partial charge >= 0.3 is 0 Å². The van der Waals surface area contributed by atoms with Crippen molar-refractivity contribution in [2.24, 2.45) is 5.41 Å². The van der Waals surface area contributed by atoms with Gasteiger partial charge in [-0.25, -0.2) is 0 Å². The molecule has 0 amide bonds. The lowest BCUT2D eigenvalue weighted by Gasteiger charge is -2.22. The van der Waals surface area contributed by atoms with Gasteiger partial charge < -0.3 is 15.2 Å². The quantitative estimate of drug-likeness (QED) is 0.619. The minimum absolute atomic E-state index is 0.00140. The number of nitro benzene ring substituents is 1. The van der Waals surface area contributed by atoms with Crippen molar-refractivity contribution >= 4 is 11.4 Å². The summed E-state index contributed by atoms with van der Waals surface area (Å²) in [5, 5.41) is 23.8. The summed E-state index contributed by atoms with van der Waals surface area (Å²) in [5.74, 6) is 0.531. The van der Waals surface area contributed by atoms with Gasteiger partial charge in [0.15, 0.2) is 0 Å². The van der Waals surface area contributed by atoms with Crippen LogP contribution in [0.5, 0.6) is 5.75 Å². The molecule has 0 fully saturated rings. The number of methoxy groups -OCH3 is 1. The third kappa shape index (κ3) is 5.05. The lowest BCUT2D eigenvalue weighted by Crippen LogP contribution is -2.25. The van der Waals surface area contributed by atoms with Gasteiger partial charge in [-0.1, -0.05) is 20.8 Å². The van der Waals surface area contributed by atoms with Gasteiger partial charge in [-0.15, -0.1) is 0 Å². The van der Waals surface area contributed by atoms with Crippen LogP contribution in [0.2, 0.25) is 0 Å². The standard InChI is InChI=1S/C14H22N2O4/c1-14(2,3)8-10(17)9-15-12-7-11(20-4)5-6-13(12)16(18)19/h5-7,10,15,17H,8-9H2,1-4H3. The highest BCUT2D eigenvalue weighted by Gasteiger charge is 2.19. The Hall–Kier alpha value is -1.82. The lowest BCUT2D eigenvalue weighted by molar-refractivity contribution is -0.384. The van der Waals surface area contributed by atoms with Crippen molar-refractivity contribution in [1.82, 2.24) is 0 Å². The summed E-state index contributed by atoms with van der Waals surface area (Å²) in [6.45, 7) is 6.35. The summed E-state index contributed by atoms with van der Waals surface area (Å²) in [6.07, 6.45) is 0.0402. The van der Waals surface area contributed by atoms with E-state index < -0.39 is 11.0 Å². The molecule has 0 saturated heterocycles. The first kappa shape index (κ1) is 16.2. The van der Waals surface area contributed by atoms with E-state index in [1.165, 1.54) is 19.2 Å². The largest absolute Gasteiger partial charge is 0.497 e. The maximum Gasteiger partial charge on any atom is 0.292 e. The fourth-order valence-electron chi connectivity index (χ4n) is 1.95. The van der Waals surface area contributed by atoms with Crippen LogP contribution in [-0.4, -0.2) is 29.8 Å². The van der Waals surface area contributed by atoms with Crippen LogP contribution < -0.4 is 10.1 Å². The molecule has 2 N–H and O–H groups in total. The van der Waals surface area contributed by atoms with Crippen molar-refractivity contribution in [3.8, 4) is 5.75 Å². The first-order chi connectivity index (χ1) is 9.23. The van der Waals surface area contributed by atoms with E-state index in [-0.39, 0.29) is 17.6 Å². The van der Waals surface area contributed by atoms with Crippen LogP contribution in [0.4, 0.5) is 11.4 Å². The van der Waals surface area contributed by atoms with Gasteiger partial charge in [-0.05, 0) is 17.9 Å². The third-order valence-corrected chi connectivity index (χ3v) is 2.78. The minimum atomic E-state index is -0.569. The highest BCUT2D eigenvalue weighted by Crippen LogP contribution is 2.29. The topological polar surface area (TPSA) is 84.6 Å². The predicted molar refractivity (Wildman–Crippen MR) is 78.2 cm³/mol. The molecule has 0 radical (unpaired) electrons. The molecule has 0 heterocycles. The van der Waals surface area contributed by atoms with Crippen LogP contribution in [0.3, 0.4) is 0 Å². The molecule has 0 aliphatic rings. The van der Waals surface area contributed by atoms with Crippen LogP contribution in [0, 0.1) is 15.5 Å². The van der Waals surface area contributed by atoms with Crippen LogP contribution in [-0.2, 0) is 0 Å². The second-order valence-corrected chi connectivity index (χ2v) is 5.94. The fourth-order valence-corrected chi connectivity index (χ4v) is 1.95. The van der Waals surface area contributed by atoms with E-state index in [1.807, 2.05) is 20.8 Å². The van der Waals surface area contributed by atoms with Crippen molar-refractivity contribution in [3.63, 3.8) is 0 Å². The minimum Gasteiger partial charge on any atom is -0.497 e. The van der Waals surface area contributed by atoms with E-state index in [4.69, 9.17) is 4.74 Å². The van der Waals surface area contributed by atoms with E-state index in [2.05, 4.69) is 5.32 Å². The molecule has 0 saturated carbocycles. The Labute approximate surface area is 118 Å². The van der Waals surface area contributed by atoms with Gasteiger partial charge in [0.05, 0.1) is 18.1 Å². The molecule has 1 aromatic rings. The van der Waals surface area contributed by atoms with Crippen molar-refractivity contribution in [2.75, 3.05) is 19.0 Å². The molecule has 0 bridgehead atoms. The van der Waals surface area contributed by atoms with Crippen LogP contribution in [0.1, 0.15) is 27.2 Å². The van der Waals surface area contributed by atoms with Crippen LogP contribution >= 0.6 is 0 Å². The SMILES string of the molecule is COc1ccc([N+](=O)[O-])c(NCC(O)CC(C)(C)C)c1. The summed E-state index contributed by atoms with van der Waals surface area (Å²) >= 11 is 0. The Bertz CT molecular complexity index is 469. The van der Waals surface area contributed by atoms with Gasteiger partial charge in [0.2, 0.25) is 0 Å². The van der Waals surface area contributed by atoms with Gasteiger partial charge in [0.25, 0.3) is 5.69 Å². The molecule has 0 spiro atoms. The van der Waals surface area contributed by atoms with Crippen molar-refractivity contribution in [3.05, 3.63) is 28.3 Å². The zero-order valence-corrected chi connectivity index (χ0v) is 12.3. The first-order valence-electron chi connectivity index (χ1n) is 6.47. The van der Waals surface area contributed by atoms with Gasteiger partial charge in [0.1, 0.15) is 11.4 Å². The molecular formula is C14H22N2O4. The molecule has 0 aromatic heterocycles. The smallest absolute Gasteiger partial charge is 0.292 e. The number of rotatable bonds is 6. The molecule has 20 heavy (non-hydrogen) atoms. The number of nitrogens with one attached hydrogen (secondary N) is 1. The lowest BCUT2D eigenvalue weighted by atomic mass is 9.89. The Balaban J connectivity index is 2.77. The molecule has 112 valence electrons. The zero-order valence-electron chi connectivity index (χ0n) is 12.3. The molecule has 0 aliphatic carbocycles. The van der Waals surface area contributed by atoms with E-state index in [0.717, 1.165) is 0 Å². The number of hydrogen-bond donors (Lipinski definition) is 2. The molecule has 6 heteroatoms. The van der Waals surface area contributed by atoms with Gasteiger partial charge in [-0.2, -0.15) is 0 Å². The molecule has 1 unspecified atom stereocenters. The number of aliphatic hydroxyl groups is 1. The molecule has 1 aromatic carbocycles. The van der Waals surface area contributed by atoms with Crippen LogP contribution in [0.25, 0.3) is 0 Å². The Morgan fingerprint density at radius 3 is 2.60 bits per heavy atom. The normalized spacial score (nSPS) is 12.8. The number of nitrogens with zero attached hydrogens (tertiary/aromatic N) is 1. The zero-order chi connectivity index (χ0) is 15.3. The highest BCUT2D eigenvalue weighted by atomic mass is 16.6. The number of ether oxygens (including phenoxy) is 1. The molecule has 0 aliphatic heterocycles. The van der Waals surface area contributed by atoms with Gasteiger partial charge in [-0.3, -0.25) is 10.1 Å². The maximum atomic E-state index is 11.0. The maximum absolute atomic E-state index is 11.0. The summed E-state index contributed by atoms with van der Waals surface area (Å²) in [4.78, 5) is 10.5. The number of anilines is 1. The number of hydrogen-bond acceptors (Lipinski definition) is 5. The summed E-state index contributed by atoms with van der Waals surface area (Å²) in [6, 6.07) is 4.48.